The quantitative estimate of drug-likeness (QED) is 0.281. The largest absolute Gasteiger partial charge is 0.352 e. The Morgan fingerprint density at radius 2 is 1.68 bits per heavy atom. The van der Waals surface area contributed by atoms with Crippen LogP contribution in [0, 0.1) is 12.8 Å². The van der Waals surface area contributed by atoms with Crippen molar-refractivity contribution in [1.29, 1.82) is 0 Å². The number of aryl methyl sites for hydroxylation is 1. The van der Waals surface area contributed by atoms with E-state index in [9.17, 15) is 0 Å². The molecular weight excluding hydrogens is 462 g/mol. The van der Waals surface area contributed by atoms with Gasteiger partial charge in [0.25, 0.3) is 0 Å². The van der Waals surface area contributed by atoms with Crippen molar-refractivity contribution in [2.24, 2.45) is 5.92 Å². The molecule has 0 aliphatic carbocycles. The molecule has 186 valence electrons. The van der Waals surface area contributed by atoms with E-state index in [1.807, 2.05) is 43.3 Å². The van der Waals surface area contributed by atoms with Crippen molar-refractivity contribution in [2.75, 3.05) is 16.8 Å². The van der Waals surface area contributed by atoms with Gasteiger partial charge in [0.15, 0.2) is 11.6 Å². The number of H-pyrrole nitrogens is 1. The Kier molecular flexibility index (Phi) is 7.12. The van der Waals surface area contributed by atoms with E-state index in [-0.39, 0.29) is 0 Å². The van der Waals surface area contributed by atoms with Crippen LogP contribution in [-0.2, 0) is 6.54 Å². The minimum Gasteiger partial charge on any atom is -0.352 e. The molecule has 3 aromatic heterocycles. The lowest BCUT2D eigenvalue weighted by molar-refractivity contribution is 0.605. The Labute approximate surface area is 216 Å². The number of benzene rings is 2. The van der Waals surface area contributed by atoms with Crippen LogP contribution in [0.3, 0.4) is 0 Å². The van der Waals surface area contributed by atoms with Crippen molar-refractivity contribution in [3.63, 3.8) is 0 Å². The lowest BCUT2D eigenvalue weighted by Crippen LogP contribution is -2.28. The number of nitrogens with zero attached hydrogens (tertiary/aromatic N) is 7. The first-order valence-corrected chi connectivity index (χ1v) is 12.3. The molecule has 37 heavy (non-hydrogen) atoms. The fourth-order valence-electron chi connectivity index (χ4n) is 4.23. The lowest BCUT2D eigenvalue weighted by atomic mass is 10.0. The molecule has 0 aliphatic heterocycles. The van der Waals surface area contributed by atoms with Gasteiger partial charge in [0.2, 0.25) is 0 Å². The summed E-state index contributed by atoms with van der Waals surface area (Å²) in [4.78, 5) is 16.3. The van der Waals surface area contributed by atoms with Gasteiger partial charge in [0.05, 0.1) is 11.4 Å². The second-order valence-electron chi connectivity index (χ2n) is 9.27. The summed E-state index contributed by atoms with van der Waals surface area (Å²) in [6, 6.07) is 22.5. The summed E-state index contributed by atoms with van der Waals surface area (Å²) >= 11 is 0. The summed E-state index contributed by atoms with van der Waals surface area (Å²) in [6.45, 7) is 7.96. The molecule has 0 aliphatic rings. The maximum atomic E-state index is 5.16. The SMILES string of the molecule is Cc1nccnc1Nc1cc(-c2ccccc2-c2nnn[nH]2)nc(N(Cc2ccccc2)CC(C)C)c1. The standard InChI is InChI=1S/C28H29N9/c1-19(2)17-37(18-21-9-5-4-6-10-21)26-16-22(31-27-20(3)29-13-14-30-27)15-25(32-26)23-11-7-8-12-24(23)28-33-35-36-34-28/h4-16,19H,17-18H2,1-3H3,(H,30,31,32)(H,33,34,35,36). The van der Waals surface area contributed by atoms with E-state index < -0.39 is 0 Å². The van der Waals surface area contributed by atoms with E-state index in [2.05, 4.69) is 85.0 Å². The van der Waals surface area contributed by atoms with Gasteiger partial charge in [-0.05, 0) is 34.9 Å². The summed E-state index contributed by atoms with van der Waals surface area (Å²) in [5, 5.41) is 18.0. The van der Waals surface area contributed by atoms with Gasteiger partial charge >= 0.3 is 0 Å². The van der Waals surface area contributed by atoms with Crippen LogP contribution in [0.1, 0.15) is 25.1 Å². The molecule has 0 saturated carbocycles. The molecule has 0 atom stereocenters. The van der Waals surface area contributed by atoms with Crippen LogP contribution in [0.5, 0.6) is 0 Å². The molecule has 0 amide bonds. The molecule has 0 radical (unpaired) electrons. The van der Waals surface area contributed by atoms with Gasteiger partial charge in [0, 0.05) is 48.4 Å². The first-order valence-electron chi connectivity index (χ1n) is 12.3. The monoisotopic (exact) mass is 491 g/mol. The van der Waals surface area contributed by atoms with Crippen molar-refractivity contribution >= 4 is 17.3 Å². The third kappa shape index (κ3) is 5.78. The molecule has 9 nitrogen and oxygen atoms in total. The molecular formula is C28H29N9. The number of nitrogens with one attached hydrogen (secondary N) is 2. The Morgan fingerprint density at radius 1 is 0.919 bits per heavy atom. The van der Waals surface area contributed by atoms with Crippen LogP contribution >= 0.6 is 0 Å². The molecule has 0 spiro atoms. The van der Waals surface area contributed by atoms with Gasteiger partial charge in [0.1, 0.15) is 5.82 Å². The third-order valence-electron chi connectivity index (χ3n) is 5.89. The van der Waals surface area contributed by atoms with E-state index in [1.165, 1.54) is 5.56 Å². The van der Waals surface area contributed by atoms with Crippen LogP contribution < -0.4 is 10.2 Å². The first kappa shape index (κ1) is 24.1. The maximum absolute atomic E-state index is 5.16. The number of hydrogen-bond donors (Lipinski definition) is 2. The van der Waals surface area contributed by atoms with Gasteiger partial charge in [-0.15, -0.1) is 5.10 Å². The molecule has 0 fully saturated rings. The van der Waals surface area contributed by atoms with E-state index in [1.54, 1.807) is 12.4 Å². The minimum absolute atomic E-state index is 0.445. The summed E-state index contributed by atoms with van der Waals surface area (Å²) in [5.41, 5.74) is 5.51. The van der Waals surface area contributed by atoms with Gasteiger partial charge in [-0.25, -0.2) is 15.1 Å². The molecule has 9 heteroatoms. The van der Waals surface area contributed by atoms with Gasteiger partial charge in [-0.2, -0.15) is 0 Å². The van der Waals surface area contributed by atoms with Crippen LogP contribution in [-0.4, -0.2) is 42.1 Å². The normalized spacial score (nSPS) is 11.0. The number of hydrogen-bond acceptors (Lipinski definition) is 8. The molecule has 0 bridgehead atoms. The molecule has 5 rings (SSSR count). The van der Waals surface area contributed by atoms with Crippen LogP contribution in [0.15, 0.2) is 79.1 Å². The van der Waals surface area contributed by atoms with E-state index in [0.717, 1.165) is 47.1 Å². The fourth-order valence-corrected chi connectivity index (χ4v) is 4.23. The Morgan fingerprint density at radius 3 is 2.41 bits per heavy atom. The summed E-state index contributed by atoms with van der Waals surface area (Å²) in [7, 11) is 0. The molecule has 0 unspecified atom stereocenters. The summed E-state index contributed by atoms with van der Waals surface area (Å²) in [5.74, 6) is 2.60. The number of pyridine rings is 1. The molecule has 5 aromatic rings. The van der Waals surface area contributed by atoms with E-state index >= 15 is 0 Å². The van der Waals surface area contributed by atoms with Crippen molar-refractivity contribution < 1.29 is 0 Å². The lowest BCUT2D eigenvalue weighted by Gasteiger charge is -2.27. The molecule has 3 heterocycles. The Balaban J connectivity index is 1.63. The number of tetrazole rings is 1. The zero-order valence-electron chi connectivity index (χ0n) is 21.1. The van der Waals surface area contributed by atoms with E-state index in [0.29, 0.717) is 17.6 Å². The highest BCUT2D eigenvalue weighted by Gasteiger charge is 2.17. The van der Waals surface area contributed by atoms with Crippen LogP contribution in [0.25, 0.3) is 22.6 Å². The number of aromatic amines is 1. The number of aromatic nitrogens is 7. The minimum atomic E-state index is 0.445. The summed E-state index contributed by atoms with van der Waals surface area (Å²) in [6.07, 6.45) is 3.38. The highest BCUT2D eigenvalue weighted by atomic mass is 15.5. The van der Waals surface area contributed by atoms with Crippen molar-refractivity contribution in [3.05, 3.63) is 90.4 Å². The Bertz CT molecular complexity index is 1450. The average Bonchev–Trinajstić information content (AvgIpc) is 3.45. The topological polar surface area (TPSA) is 108 Å². The highest BCUT2D eigenvalue weighted by Crippen LogP contribution is 2.33. The average molecular weight is 492 g/mol. The molecule has 0 saturated heterocycles. The number of anilines is 3. The highest BCUT2D eigenvalue weighted by molar-refractivity contribution is 5.81. The first-order chi connectivity index (χ1) is 18.1. The second kappa shape index (κ2) is 10.9. The third-order valence-corrected chi connectivity index (χ3v) is 5.89. The predicted octanol–water partition coefficient (Wildman–Crippen LogP) is 5.43. The maximum Gasteiger partial charge on any atom is 0.180 e. The van der Waals surface area contributed by atoms with Gasteiger partial charge in [-0.3, -0.25) is 4.98 Å². The van der Waals surface area contributed by atoms with Crippen molar-refractivity contribution in [3.8, 4) is 22.6 Å². The van der Waals surface area contributed by atoms with Crippen molar-refractivity contribution in [1.82, 2.24) is 35.6 Å². The van der Waals surface area contributed by atoms with Crippen LogP contribution in [0.2, 0.25) is 0 Å². The van der Waals surface area contributed by atoms with E-state index in [4.69, 9.17) is 4.98 Å². The Hall–Kier alpha value is -4.66. The van der Waals surface area contributed by atoms with Gasteiger partial charge in [-0.1, -0.05) is 68.4 Å². The zero-order valence-corrected chi connectivity index (χ0v) is 21.1. The molecule has 2 aromatic carbocycles. The van der Waals surface area contributed by atoms with Gasteiger partial charge < -0.3 is 10.2 Å². The number of rotatable bonds is 9. The summed E-state index contributed by atoms with van der Waals surface area (Å²) < 4.78 is 0. The zero-order chi connectivity index (χ0) is 25.6. The smallest absolute Gasteiger partial charge is 0.180 e. The second-order valence-corrected chi connectivity index (χ2v) is 9.27. The van der Waals surface area contributed by atoms with Crippen LogP contribution in [0.4, 0.5) is 17.3 Å². The predicted molar refractivity (Wildman–Crippen MR) is 145 cm³/mol. The fraction of sp³-hybridized carbons (Fsp3) is 0.214. The molecule has 2 N–H and O–H groups in total. The van der Waals surface area contributed by atoms with Crippen molar-refractivity contribution in [2.45, 2.75) is 27.3 Å².